The lowest BCUT2D eigenvalue weighted by atomic mass is 9.83. The monoisotopic (exact) mass is 329 g/mol. The molecule has 0 aliphatic carbocycles. The van der Waals surface area contributed by atoms with Gasteiger partial charge in [-0.3, -0.25) is 9.59 Å². The van der Waals surface area contributed by atoms with E-state index in [1.54, 1.807) is 4.68 Å². The molecule has 0 atom stereocenters. The van der Waals surface area contributed by atoms with Crippen molar-refractivity contribution >= 4 is 11.7 Å². The molecule has 1 aromatic heterocycles. The van der Waals surface area contributed by atoms with Crippen LogP contribution in [0.5, 0.6) is 0 Å². The van der Waals surface area contributed by atoms with Crippen molar-refractivity contribution in [2.45, 2.75) is 26.7 Å². The number of hydrogen-bond donors (Lipinski definition) is 2. The van der Waals surface area contributed by atoms with Gasteiger partial charge in [0.25, 0.3) is 11.7 Å². The number of rotatable bonds is 8. The zero-order valence-electron chi connectivity index (χ0n) is 14.0. The highest BCUT2D eigenvalue weighted by Crippen LogP contribution is 2.24. The van der Waals surface area contributed by atoms with Crippen molar-refractivity contribution in [3.05, 3.63) is 48.3 Å². The number of amides is 1. The van der Waals surface area contributed by atoms with Gasteiger partial charge >= 0.3 is 0 Å². The lowest BCUT2D eigenvalue weighted by Crippen LogP contribution is -2.42. The Hall–Kier alpha value is -2.47. The highest BCUT2D eigenvalue weighted by atomic mass is 16.3. The maximum absolute atomic E-state index is 12.2. The number of hydrogen-bond acceptors (Lipinski definition) is 4. The van der Waals surface area contributed by atoms with Crippen LogP contribution in [0.15, 0.2) is 42.7 Å². The predicted octanol–water partition coefficient (Wildman–Crippen LogP) is 1.97. The number of aliphatic hydroxyl groups is 1. The fraction of sp³-hybridized carbons (Fsp3) is 0.389. The number of benzene rings is 1. The van der Waals surface area contributed by atoms with E-state index in [1.165, 1.54) is 12.4 Å². The summed E-state index contributed by atoms with van der Waals surface area (Å²) in [6.45, 7) is 4.16. The summed E-state index contributed by atoms with van der Waals surface area (Å²) in [5.41, 5.74) is 0.664. The average molecular weight is 329 g/mol. The Morgan fingerprint density at radius 1 is 1.21 bits per heavy atom. The van der Waals surface area contributed by atoms with Crippen LogP contribution in [-0.2, 0) is 4.79 Å². The third-order valence-electron chi connectivity index (χ3n) is 4.53. The van der Waals surface area contributed by atoms with E-state index < -0.39 is 11.7 Å². The average Bonchev–Trinajstić information content (AvgIpc) is 3.13. The number of ketones is 1. The van der Waals surface area contributed by atoms with Gasteiger partial charge in [0.15, 0.2) is 0 Å². The molecule has 1 aromatic carbocycles. The van der Waals surface area contributed by atoms with Crippen LogP contribution in [0, 0.1) is 5.41 Å². The molecule has 0 unspecified atom stereocenters. The first-order valence-electron chi connectivity index (χ1n) is 8.08. The number of aliphatic hydroxyl groups excluding tert-OH is 1. The number of nitrogens with zero attached hydrogens (tertiary/aromatic N) is 2. The van der Waals surface area contributed by atoms with Gasteiger partial charge in [0.2, 0.25) is 0 Å². The molecular formula is C18H23N3O3. The first-order valence-corrected chi connectivity index (χ1v) is 8.08. The van der Waals surface area contributed by atoms with Crippen LogP contribution in [0.3, 0.4) is 0 Å². The van der Waals surface area contributed by atoms with Crippen molar-refractivity contribution in [3.63, 3.8) is 0 Å². The minimum absolute atomic E-state index is 0.0274. The van der Waals surface area contributed by atoms with Crippen LogP contribution in [0.1, 0.15) is 37.0 Å². The van der Waals surface area contributed by atoms with Crippen molar-refractivity contribution in [2.24, 2.45) is 5.41 Å². The number of carbonyl (C=O) groups is 2. The zero-order valence-corrected chi connectivity index (χ0v) is 14.0. The summed E-state index contributed by atoms with van der Waals surface area (Å²) in [5, 5.41) is 16.3. The summed E-state index contributed by atoms with van der Waals surface area (Å²) in [6.07, 6.45) is 4.37. The van der Waals surface area contributed by atoms with Crippen molar-refractivity contribution < 1.29 is 14.7 Å². The first-order chi connectivity index (χ1) is 11.5. The molecular weight excluding hydrogens is 306 g/mol. The maximum atomic E-state index is 12.2. The fourth-order valence-electron chi connectivity index (χ4n) is 2.42. The molecule has 0 saturated heterocycles. The molecule has 2 rings (SSSR count). The van der Waals surface area contributed by atoms with E-state index >= 15 is 0 Å². The molecule has 6 heteroatoms. The van der Waals surface area contributed by atoms with E-state index in [4.69, 9.17) is 0 Å². The van der Waals surface area contributed by atoms with Gasteiger partial charge in [0.1, 0.15) is 0 Å². The molecule has 2 N–H and O–H groups in total. The molecule has 0 aliphatic rings. The molecule has 24 heavy (non-hydrogen) atoms. The lowest BCUT2D eigenvalue weighted by molar-refractivity contribution is -0.117. The minimum atomic E-state index is -0.678. The smallest absolute Gasteiger partial charge is 0.292 e. The van der Waals surface area contributed by atoms with E-state index in [-0.39, 0.29) is 24.1 Å². The molecule has 1 heterocycles. The summed E-state index contributed by atoms with van der Waals surface area (Å²) in [5.74, 6) is -1.31. The lowest BCUT2D eigenvalue weighted by Gasteiger charge is -2.29. The number of nitrogens with one attached hydrogen (secondary N) is 1. The Kier molecular flexibility index (Phi) is 5.87. The summed E-state index contributed by atoms with van der Waals surface area (Å²) < 4.78 is 1.55. The largest absolute Gasteiger partial charge is 0.396 e. The SMILES string of the molecule is CCC(CC)(CO)CNC(=O)C(=O)c1cnn(-c2ccccc2)c1. The predicted molar refractivity (Wildman–Crippen MR) is 91.0 cm³/mol. The van der Waals surface area contributed by atoms with Gasteiger partial charge in [-0.15, -0.1) is 0 Å². The van der Waals surface area contributed by atoms with Crippen molar-refractivity contribution in [1.82, 2.24) is 15.1 Å². The number of Topliss-reactive ketones (excluding diaryl/α,β-unsaturated/α-hetero) is 1. The van der Waals surface area contributed by atoms with Gasteiger partial charge < -0.3 is 10.4 Å². The second-order valence-corrected chi connectivity index (χ2v) is 5.89. The van der Waals surface area contributed by atoms with Gasteiger partial charge in [-0.2, -0.15) is 5.10 Å². The summed E-state index contributed by atoms with van der Waals surface area (Å²) in [6, 6.07) is 9.35. The fourth-order valence-corrected chi connectivity index (χ4v) is 2.42. The van der Waals surface area contributed by atoms with Gasteiger partial charge in [0.05, 0.1) is 24.1 Å². The highest BCUT2D eigenvalue weighted by molar-refractivity contribution is 6.42. The van der Waals surface area contributed by atoms with Crippen molar-refractivity contribution in [3.8, 4) is 5.69 Å². The second kappa shape index (κ2) is 7.88. The molecule has 0 aliphatic heterocycles. The third-order valence-corrected chi connectivity index (χ3v) is 4.53. The minimum Gasteiger partial charge on any atom is -0.396 e. The molecule has 0 fully saturated rings. The van der Waals surface area contributed by atoms with Gasteiger partial charge in [-0.05, 0) is 25.0 Å². The van der Waals surface area contributed by atoms with Crippen molar-refractivity contribution in [1.29, 1.82) is 0 Å². The summed E-state index contributed by atoms with van der Waals surface area (Å²) >= 11 is 0. The summed E-state index contributed by atoms with van der Waals surface area (Å²) in [4.78, 5) is 24.3. The Morgan fingerprint density at radius 2 is 1.88 bits per heavy atom. The quantitative estimate of drug-likeness (QED) is 0.573. The molecule has 0 saturated carbocycles. The Balaban J connectivity index is 2.04. The zero-order chi connectivity index (χ0) is 17.6. The molecule has 2 aromatic rings. The van der Waals surface area contributed by atoms with E-state index in [2.05, 4.69) is 10.4 Å². The number of carbonyl (C=O) groups excluding carboxylic acids is 2. The van der Waals surface area contributed by atoms with Crippen LogP contribution in [-0.4, -0.2) is 39.7 Å². The molecule has 1 amide bonds. The molecule has 0 spiro atoms. The first kappa shape index (κ1) is 17.9. The third kappa shape index (κ3) is 3.89. The Morgan fingerprint density at radius 3 is 2.46 bits per heavy atom. The molecule has 6 nitrogen and oxygen atoms in total. The van der Waals surface area contributed by atoms with Crippen LogP contribution in [0.2, 0.25) is 0 Å². The maximum Gasteiger partial charge on any atom is 0.292 e. The van der Waals surface area contributed by atoms with E-state index in [0.29, 0.717) is 0 Å². The second-order valence-electron chi connectivity index (χ2n) is 5.89. The number of para-hydroxylation sites is 1. The van der Waals surface area contributed by atoms with Gasteiger partial charge in [-0.1, -0.05) is 32.0 Å². The van der Waals surface area contributed by atoms with Gasteiger partial charge in [-0.25, -0.2) is 4.68 Å². The summed E-state index contributed by atoms with van der Waals surface area (Å²) in [7, 11) is 0. The standard InChI is InChI=1S/C18H23N3O3/c1-3-18(4-2,13-22)12-19-17(24)16(23)14-10-20-21(11-14)15-8-6-5-7-9-15/h5-11,22H,3-4,12-13H2,1-2H3,(H,19,24). The van der Waals surface area contributed by atoms with Crippen molar-refractivity contribution in [2.75, 3.05) is 13.2 Å². The molecule has 128 valence electrons. The number of aromatic nitrogens is 2. The van der Waals surface area contributed by atoms with E-state index in [1.807, 2.05) is 44.2 Å². The van der Waals surface area contributed by atoms with E-state index in [9.17, 15) is 14.7 Å². The topological polar surface area (TPSA) is 84.2 Å². The van der Waals surface area contributed by atoms with Crippen LogP contribution < -0.4 is 5.32 Å². The molecule has 0 radical (unpaired) electrons. The van der Waals surface area contributed by atoms with E-state index in [0.717, 1.165) is 18.5 Å². The normalized spacial score (nSPS) is 11.3. The van der Waals surface area contributed by atoms with Crippen LogP contribution in [0.25, 0.3) is 5.69 Å². The van der Waals surface area contributed by atoms with Crippen LogP contribution >= 0.6 is 0 Å². The van der Waals surface area contributed by atoms with Crippen LogP contribution in [0.4, 0.5) is 0 Å². The molecule has 0 bridgehead atoms. The Labute approximate surface area is 141 Å². The highest BCUT2D eigenvalue weighted by Gasteiger charge is 2.27. The van der Waals surface area contributed by atoms with Gasteiger partial charge in [0, 0.05) is 18.2 Å². The Bertz CT molecular complexity index is 682.